The molecule has 1 nitrogen and oxygen atoms in total. The van der Waals surface area contributed by atoms with E-state index in [1.807, 2.05) is 31.2 Å². The quantitative estimate of drug-likeness (QED) is 0.0980. The predicted octanol–water partition coefficient (Wildman–Crippen LogP) is 11.9. The number of hydrogen-bond donors (Lipinski definition) is 0. The van der Waals surface area contributed by atoms with Crippen LogP contribution in [-0.2, 0) is 0 Å². The van der Waals surface area contributed by atoms with Crippen molar-refractivity contribution in [3.05, 3.63) is 206 Å². The SMILES string of the molecule is C=C/C=C(\C=C/C)P(/C(C=C)=C/C=C\C)c1cc(-c2cccc(-c3ccccc3)c2)cc(P(C(/C=C\C)=C/C=C)c2ccccc2)n1. The Morgan fingerprint density at radius 2 is 1.13 bits per heavy atom. The molecule has 0 N–H and O–H groups in total. The maximum atomic E-state index is 5.59. The summed E-state index contributed by atoms with van der Waals surface area (Å²) in [4.78, 5) is 5.59. The molecular formula is C44H43NP2. The lowest BCUT2D eigenvalue weighted by Gasteiger charge is -2.25. The first-order valence-electron chi connectivity index (χ1n) is 15.8. The molecule has 0 bridgehead atoms. The van der Waals surface area contributed by atoms with Crippen LogP contribution in [0.15, 0.2) is 206 Å². The van der Waals surface area contributed by atoms with Gasteiger partial charge in [0.2, 0.25) is 0 Å². The molecule has 1 heterocycles. The summed E-state index contributed by atoms with van der Waals surface area (Å²) in [6, 6.07) is 34.6. The van der Waals surface area contributed by atoms with Crippen LogP contribution in [0.3, 0.4) is 0 Å². The normalized spacial score (nSPS) is 14.1. The van der Waals surface area contributed by atoms with E-state index in [2.05, 4.69) is 179 Å². The molecule has 3 heteroatoms. The first-order valence-corrected chi connectivity index (χ1v) is 18.5. The molecule has 3 aromatic carbocycles. The van der Waals surface area contributed by atoms with Gasteiger partial charge in [0.15, 0.2) is 0 Å². The maximum absolute atomic E-state index is 5.59. The molecule has 2 unspecified atom stereocenters. The van der Waals surface area contributed by atoms with E-state index >= 15 is 0 Å². The standard InChI is InChI=1S/C44H43NP2/c1-7-13-29-39(12-6)46(40(21-8-2)22-9-3)43-33-38(37-28-20-27-36(32-37)35-25-16-14-17-26-35)34-44(45-43)47(41(23-10-4)24-11-5)42-30-18-15-19-31-42/h7-34H,2,4,6H2,1,3,5H3/b13-7-,22-9-,24-11-,39-29+,40-21+,41-23+. The highest BCUT2D eigenvalue weighted by Gasteiger charge is 2.25. The van der Waals surface area contributed by atoms with E-state index in [-0.39, 0.29) is 0 Å². The van der Waals surface area contributed by atoms with Gasteiger partial charge in [0.25, 0.3) is 0 Å². The highest BCUT2D eigenvalue weighted by molar-refractivity contribution is 7.77. The Morgan fingerprint density at radius 3 is 1.74 bits per heavy atom. The van der Waals surface area contributed by atoms with Gasteiger partial charge < -0.3 is 0 Å². The summed E-state index contributed by atoms with van der Waals surface area (Å²) in [7, 11) is -2.08. The van der Waals surface area contributed by atoms with E-state index in [0.717, 1.165) is 32.6 Å². The summed E-state index contributed by atoms with van der Waals surface area (Å²) in [5.41, 5.74) is 6.70. The second-order valence-electron chi connectivity index (χ2n) is 10.5. The summed E-state index contributed by atoms with van der Waals surface area (Å²) in [5.74, 6) is 0. The van der Waals surface area contributed by atoms with Crippen molar-refractivity contribution in [2.75, 3.05) is 0 Å². The van der Waals surface area contributed by atoms with Gasteiger partial charge in [-0.2, -0.15) is 0 Å². The zero-order valence-corrected chi connectivity index (χ0v) is 29.4. The van der Waals surface area contributed by atoms with Gasteiger partial charge in [0.05, 0.1) is 10.9 Å². The second-order valence-corrected chi connectivity index (χ2v) is 14.8. The third-order valence-corrected chi connectivity index (χ3v) is 11.9. The van der Waals surface area contributed by atoms with E-state index in [1.54, 1.807) is 0 Å². The fourth-order valence-corrected chi connectivity index (χ4v) is 9.91. The van der Waals surface area contributed by atoms with Crippen molar-refractivity contribution < 1.29 is 0 Å². The summed E-state index contributed by atoms with van der Waals surface area (Å²) in [6.45, 7) is 18.5. The number of nitrogens with zero attached hydrogens (tertiary/aromatic N) is 1. The zero-order chi connectivity index (χ0) is 33.4. The highest BCUT2D eigenvalue weighted by atomic mass is 31.1. The van der Waals surface area contributed by atoms with Gasteiger partial charge in [-0.3, -0.25) is 0 Å². The molecule has 0 aliphatic heterocycles. The zero-order valence-electron chi connectivity index (χ0n) is 27.6. The average molecular weight is 648 g/mol. The highest BCUT2D eigenvalue weighted by Crippen LogP contribution is 2.53. The van der Waals surface area contributed by atoms with Crippen molar-refractivity contribution in [2.45, 2.75) is 20.8 Å². The van der Waals surface area contributed by atoms with Gasteiger partial charge in [-0.05, 0) is 82.5 Å². The van der Waals surface area contributed by atoms with Crippen LogP contribution >= 0.6 is 15.8 Å². The Bertz CT molecular complexity index is 1850. The van der Waals surface area contributed by atoms with Crippen LogP contribution < -0.4 is 16.2 Å². The van der Waals surface area contributed by atoms with E-state index in [0.29, 0.717) is 0 Å². The number of pyridine rings is 1. The van der Waals surface area contributed by atoms with Gasteiger partial charge in [0, 0.05) is 15.8 Å². The van der Waals surface area contributed by atoms with Crippen molar-refractivity contribution in [3.63, 3.8) is 0 Å². The van der Waals surface area contributed by atoms with Crippen molar-refractivity contribution >= 4 is 32.0 Å². The van der Waals surface area contributed by atoms with Gasteiger partial charge in [-0.25, -0.2) is 4.98 Å². The molecular weight excluding hydrogens is 604 g/mol. The minimum atomic E-state index is -1.07. The number of aromatic nitrogens is 1. The Balaban J connectivity index is 2.12. The maximum Gasteiger partial charge on any atom is 0.0735 e. The van der Waals surface area contributed by atoms with Gasteiger partial charge in [0.1, 0.15) is 0 Å². The monoisotopic (exact) mass is 647 g/mol. The van der Waals surface area contributed by atoms with Crippen molar-refractivity contribution in [1.29, 1.82) is 0 Å². The number of rotatable bonds is 14. The molecule has 47 heavy (non-hydrogen) atoms. The molecule has 0 aliphatic carbocycles. The summed E-state index contributed by atoms with van der Waals surface area (Å²) >= 11 is 0. The van der Waals surface area contributed by atoms with E-state index in [9.17, 15) is 0 Å². The number of allylic oxidation sites excluding steroid dienone is 15. The molecule has 0 saturated heterocycles. The van der Waals surface area contributed by atoms with Gasteiger partial charge >= 0.3 is 0 Å². The fourth-order valence-electron chi connectivity index (χ4n) is 5.23. The molecule has 0 amide bonds. The van der Waals surface area contributed by atoms with Crippen LogP contribution in [0.4, 0.5) is 0 Å². The molecule has 234 valence electrons. The molecule has 0 fully saturated rings. The van der Waals surface area contributed by atoms with E-state index < -0.39 is 15.8 Å². The van der Waals surface area contributed by atoms with E-state index in [1.165, 1.54) is 21.7 Å². The van der Waals surface area contributed by atoms with Gasteiger partial charge in [-0.15, -0.1) is 0 Å². The van der Waals surface area contributed by atoms with E-state index in [4.69, 9.17) is 4.98 Å². The van der Waals surface area contributed by atoms with Gasteiger partial charge in [-0.1, -0.05) is 172 Å². The Labute approximate surface area is 284 Å². The van der Waals surface area contributed by atoms with Crippen molar-refractivity contribution in [1.82, 2.24) is 4.98 Å². The smallest absolute Gasteiger partial charge is 0.0735 e. The lowest BCUT2D eigenvalue weighted by molar-refractivity contribution is 1.45. The third kappa shape index (κ3) is 9.21. The largest absolute Gasteiger partial charge is 0.247 e. The molecule has 2 atom stereocenters. The molecule has 0 saturated carbocycles. The lowest BCUT2D eigenvalue weighted by Crippen LogP contribution is -2.23. The summed E-state index contributed by atoms with van der Waals surface area (Å²) in [5, 5.41) is 4.69. The average Bonchev–Trinajstić information content (AvgIpc) is 3.11. The predicted molar refractivity (Wildman–Crippen MR) is 214 cm³/mol. The van der Waals surface area contributed by atoms with Crippen molar-refractivity contribution in [3.8, 4) is 22.3 Å². The fraction of sp³-hybridized carbons (Fsp3) is 0.0682. The number of benzene rings is 3. The number of hydrogen-bond acceptors (Lipinski definition) is 1. The first kappa shape index (κ1) is 35.2. The minimum Gasteiger partial charge on any atom is -0.247 e. The third-order valence-electron chi connectivity index (χ3n) is 7.27. The molecule has 4 rings (SSSR count). The summed E-state index contributed by atoms with van der Waals surface area (Å²) in [6.07, 6.45) is 24.8. The van der Waals surface area contributed by atoms with Crippen LogP contribution in [0.5, 0.6) is 0 Å². The summed E-state index contributed by atoms with van der Waals surface area (Å²) < 4.78 is 0. The van der Waals surface area contributed by atoms with Crippen LogP contribution in [0.25, 0.3) is 22.3 Å². The first-order chi connectivity index (χ1) is 23.1. The van der Waals surface area contributed by atoms with Crippen LogP contribution in [-0.4, -0.2) is 4.98 Å². The Morgan fingerprint density at radius 1 is 0.553 bits per heavy atom. The molecule has 1 aromatic heterocycles. The Kier molecular flexibility index (Phi) is 13.8. The lowest BCUT2D eigenvalue weighted by atomic mass is 10.00. The molecule has 0 radical (unpaired) electrons. The second kappa shape index (κ2) is 18.5. The molecule has 4 aromatic rings. The molecule has 0 spiro atoms. The Hall–Kier alpha value is -4.67. The van der Waals surface area contributed by atoms with Crippen LogP contribution in [0.1, 0.15) is 20.8 Å². The minimum absolute atomic E-state index is 1.01. The molecule has 0 aliphatic rings. The van der Waals surface area contributed by atoms with Crippen LogP contribution in [0.2, 0.25) is 0 Å². The van der Waals surface area contributed by atoms with Crippen LogP contribution in [0, 0.1) is 0 Å². The topological polar surface area (TPSA) is 12.9 Å². The van der Waals surface area contributed by atoms with Crippen molar-refractivity contribution in [2.24, 2.45) is 0 Å².